The standard InChI is InChI=1S/C21H19N3OS/c1-15-10-11-17(16(2)13-15)14-26-21-23-22-20(19-9-6-12-25-19)24(21)18-7-4-3-5-8-18/h3-13H,14H2,1-2H3. The Labute approximate surface area is 156 Å². The second-order valence-corrected chi connectivity index (χ2v) is 7.12. The Kier molecular flexibility index (Phi) is 4.63. The first kappa shape index (κ1) is 16.7. The predicted octanol–water partition coefficient (Wildman–Crippen LogP) is 5.44. The highest BCUT2D eigenvalue weighted by molar-refractivity contribution is 7.98. The molecule has 0 aliphatic carbocycles. The number of rotatable bonds is 5. The summed E-state index contributed by atoms with van der Waals surface area (Å²) in [5.41, 5.74) is 4.91. The van der Waals surface area contributed by atoms with Crippen molar-refractivity contribution in [1.29, 1.82) is 0 Å². The van der Waals surface area contributed by atoms with Crippen LogP contribution >= 0.6 is 11.8 Å². The van der Waals surface area contributed by atoms with Crippen LogP contribution in [0.1, 0.15) is 16.7 Å². The number of hydrogen-bond donors (Lipinski definition) is 0. The highest BCUT2D eigenvalue weighted by Crippen LogP contribution is 2.30. The molecule has 2 aromatic heterocycles. The van der Waals surface area contributed by atoms with E-state index in [0.29, 0.717) is 11.6 Å². The molecule has 0 saturated carbocycles. The lowest BCUT2D eigenvalue weighted by Gasteiger charge is -2.10. The van der Waals surface area contributed by atoms with Crippen molar-refractivity contribution in [2.24, 2.45) is 0 Å². The van der Waals surface area contributed by atoms with E-state index in [0.717, 1.165) is 16.6 Å². The van der Waals surface area contributed by atoms with E-state index in [1.54, 1.807) is 18.0 Å². The summed E-state index contributed by atoms with van der Waals surface area (Å²) < 4.78 is 7.61. The number of hydrogen-bond acceptors (Lipinski definition) is 4. The molecule has 4 rings (SSSR count). The normalized spacial score (nSPS) is 11.0. The van der Waals surface area contributed by atoms with Crippen LogP contribution in [-0.4, -0.2) is 14.8 Å². The van der Waals surface area contributed by atoms with Gasteiger partial charge < -0.3 is 4.42 Å². The fraction of sp³-hybridized carbons (Fsp3) is 0.143. The first-order valence-corrected chi connectivity index (χ1v) is 9.44. The molecule has 4 nitrogen and oxygen atoms in total. The minimum Gasteiger partial charge on any atom is -0.461 e. The van der Waals surface area contributed by atoms with Crippen molar-refractivity contribution in [3.8, 4) is 17.3 Å². The zero-order valence-electron chi connectivity index (χ0n) is 14.7. The van der Waals surface area contributed by atoms with Crippen LogP contribution in [0.15, 0.2) is 76.5 Å². The van der Waals surface area contributed by atoms with Gasteiger partial charge in [-0.3, -0.25) is 4.57 Å². The number of benzene rings is 2. The summed E-state index contributed by atoms with van der Waals surface area (Å²) in [5.74, 6) is 2.26. The number of furan rings is 1. The van der Waals surface area contributed by atoms with Crippen molar-refractivity contribution in [3.63, 3.8) is 0 Å². The van der Waals surface area contributed by atoms with Crippen molar-refractivity contribution in [3.05, 3.63) is 83.6 Å². The summed E-state index contributed by atoms with van der Waals surface area (Å²) in [5, 5.41) is 9.66. The van der Waals surface area contributed by atoms with E-state index in [4.69, 9.17) is 4.42 Å². The first-order chi connectivity index (χ1) is 12.7. The Balaban J connectivity index is 1.70. The van der Waals surface area contributed by atoms with Crippen molar-refractivity contribution >= 4 is 11.8 Å². The van der Waals surface area contributed by atoms with E-state index < -0.39 is 0 Å². The third-order valence-electron chi connectivity index (χ3n) is 4.24. The summed E-state index contributed by atoms with van der Waals surface area (Å²) in [4.78, 5) is 0. The van der Waals surface area contributed by atoms with Gasteiger partial charge in [0.15, 0.2) is 10.9 Å². The molecule has 0 spiro atoms. The summed E-state index contributed by atoms with van der Waals surface area (Å²) >= 11 is 1.68. The van der Waals surface area contributed by atoms with Gasteiger partial charge in [-0.2, -0.15) is 0 Å². The smallest absolute Gasteiger partial charge is 0.205 e. The minimum absolute atomic E-state index is 0.708. The Morgan fingerprint density at radius 2 is 1.81 bits per heavy atom. The van der Waals surface area contributed by atoms with E-state index >= 15 is 0 Å². The SMILES string of the molecule is Cc1ccc(CSc2nnc(-c3ccco3)n2-c2ccccc2)c(C)c1. The third-order valence-corrected chi connectivity index (χ3v) is 5.22. The topological polar surface area (TPSA) is 43.9 Å². The number of aryl methyl sites for hydroxylation is 2. The van der Waals surface area contributed by atoms with E-state index in [1.807, 2.05) is 34.9 Å². The molecule has 26 heavy (non-hydrogen) atoms. The molecule has 0 atom stereocenters. The molecular formula is C21H19N3OS. The van der Waals surface area contributed by atoms with Gasteiger partial charge in [-0.1, -0.05) is 53.7 Å². The van der Waals surface area contributed by atoms with Crippen LogP contribution in [0.3, 0.4) is 0 Å². The third kappa shape index (κ3) is 3.30. The summed E-state index contributed by atoms with van der Waals surface area (Å²) in [7, 11) is 0. The Bertz CT molecular complexity index is 1010. The van der Waals surface area contributed by atoms with Crippen molar-refractivity contribution in [2.45, 2.75) is 24.8 Å². The molecule has 0 amide bonds. The van der Waals surface area contributed by atoms with Crippen molar-refractivity contribution in [1.82, 2.24) is 14.8 Å². The van der Waals surface area contributed by atoms with E-state index in [2.05, 4.69) is 54.4 Å². The predicted molar refractivity (Wildman–Crippen MR) is 105 cm³/mol. The number of aromatic nitrogens is 3. The largest absolute Gasteiger partial charge is 0.461 e. The quantitative estimate of drug-likeness (QED) is 0.444. The molecule has 2 aromatic carbocycles. The van der Waals surface area contributed by atoms with E-state index in [1.165, 1.54) is 16.7 Å². The molecule has 0 unspecified atom stereocenters. The summed E-state index contributed by atoms with van der Waals surface area (Å²) in [6.45, 7) is 4.27. The second kappa shape index (κ2) is 7.22. The molecular weight excluding hydrogens is 342 g/mol. The van der Waals surface area contributed by atoms with Gasteiger partial charge in [-0.15, -0.1) is 10.2 Å². The van der Waals surface area contributed by atoms with Gasteiger partial charge >= 0.3 is 0 Å². The second-order valence-electron chi connectivity index (χ2n) is 6.17. The van der Waals surface area contributed by atoms with Gasteiger partial charge in [0.2, 0.25) is 5.82 Å². The summed E-state index contributed by atoms with van der Waals surface area (Å²) in [6.07, 6.45) is 1.65. The molecule has 0 aliphatic heterocycles. The van der Waals surface area contributed by atoms with Crippen LogP contribution in [0.25, 0.3) is 17.3 Å². The lowest BCUT2D eigenvalue weighted by molar-refractivity contribution is 0.575. The van der Waals surface area contributed by atoms with Crippen molar-refractivity contribution in [2.75, 3.05) is 0 Å². The van der Waals surface area contributed by atoms with Gasteiger partial charge in [0.25, 0.3) is 0 Å². The molecule has 0 aliphatic rings. The maximum Gasteiger partial charge on any atom is 0.205 e. The van der Waals surface area contributed by atoms with E-state index in [-0.39, 0.29) is 0 Å². The molecule has 5 heteroatoms. The fourth-order valence-corrected chi connectivity index (χ4v) is 3.92. The van der Waals surface area contributed by atoms with Crippen LogP contribution in [0.2, 0.25) is 0 Å². The highest BCUT2D eigenvalue weighted by Gasteiger charge is 2.18. The van der Waals surface area contributed by atoms with Crippen molar-refractivity contribution < 1.29 is 4.42 Å². The fourth-order valence-electron chi connectivity index (χ4n) is 2.89. The van der Waals surface area contributed by atoms with Gasteiger partial charge in [-0.25, -0.2) is 0 Å². The molecule has 0 radical (unpaired) electrons. The van der Waals surface area contributed by atoms with Crippen LogP contribution in [0.5, 0.6) is 0 Å². The zero-order chi connectivity index (χ0) is 17.9. The van der Waals surface area contributed by atoms with Crippen LogP contribution in [-0.2, 0) is 5.75 Å². The Morgan fingerprint density at radius 1 is 0.962 bits per heavy atom. The number of nitrogens with zero attached hydrogens (tertiary/aromatic N) is 3. The average molecular weight is 361 g/mol. The Morgan fingerprint density at radius 3 is 2.54 bits per heavy atom. The minimum atomic E-state index is 0.708. The average Bonchev–Trinajstić information content (AvgIpc) is 3.31. The molecule has 0 bridgehead atoms. The van der Waals surface area contributed by atoms with Gasteiger partial charge in [0, 0.05) is 11.4 Å². The highest BCUT2D eigenvalue weighted by atomic mass is 32.2. The van der Waals surface area contributed by atoms with Gasteiger partial charge in [0.1, 0.15) is 0 Å². The van der Waals surface area contributed by atoms with Crippen LogP contribution in [0.4, 0.5) is 0 Å². The lowest BCUT2D eigenvalue weighted by atomic mass is 10.1. The zero-order valence-corrected chi connectivity index (χ0v) is 15.5. The lowest BCUT2D eigenvalue weighted by Crippen LogP contribution is -1.99. The van der Waals surface area contributed by atoms with Gasteiger partial charge in [0.05, 0.1) is 6.26 Å². The van der Waals surface area contributed by atoms with Crippen LogP contribution in [0, 0.1) is 13.8 Å². The Hall–Kier alpha value is -2.79. The molecule has 2 heterocycles. The number of thioether (sulfide) groups is 1. The maximum atomic E-state index is 5.56. The molecule has 4 aromatic rings. The maximum absolute atomic E-state index is 5.56. The van der Waals surface area contributed by atoms with Gasteiger partial charge in [-0.05, 0) is 49.2 Å². The monoisotopic (exact) mass is 361 g/mol. The molecule has 0 saturated heterocycles. The molecule has 0 fully saturated rings. The first-order valence-electron chi connectivity index (χ1n) is 8.46. The van der Waals surface area contributed by atoms with E-state index in [9.17, 15) is 0 Å². The molecule has 130 valence electrons. The summed E-state index contributed by atoms with van der Waals surface area (Å²) in [6, 6.07) is 20.5. The number of para-hydroxylation sites is 1. The molecule has 0 N–H and O–H groups in total. The van der Waals surface area contributed by atoms with Crippen LogP contribution < -0.4 is 0 Å².